The standard InChI is InChI=1S/C30H30N6O4S/c1-30(2,3)40-29(37)35-15-12-20(13-16-35)26-18-24-27(34-22-9-10-25-21(17-22)11-14-31-25)32-19-33-28(24)36(26)41(38,39)23-7-5-4-6-8-23/h4-12,14,17-19,31H,13,15-16H2,1-3H3,(H,32,33,34). The van der Waals surface area contributed by atoms with Gasteiger partial charge in [0.05, 0.1) is 16.0 Å². The Labute approximate surface area is 237 Å². The Balaban J connectivity index is 1.44. The molecule has 0 aliphatic carbocycles. The molecule has 0 unspecified atom stereocenters. The molecule has 1 amide bonds. The lowest BCUT2D eigenvalue weighted by Gasteiger charge is -2.29. The molecule has 1 aliphatic heterocycles. The number of rotatable bonds is 5. The summed E-state index contributed by atoms with van der Waals surface area (Å²) in [7, 11) is -4.02. The van der Waals surface area contributed by atoms with E-state index in [1.165, 1.54) is 10.3 Å². The van der Waals surface area contributed by atoms with Crippen LogP contribution in [0.15, 0.2) is 84.2 Å². The quantitative estimate of drug-likeness (QED) is 0.269. The van der Waals surface area contributed by atoms with Crippen molar-refractivity contribution >= 4 is 55.1 Å². The predicted molar refractivity (Wildman–Crippen MR) is 159 cm³/mol. The first kappa shape index (κ1) is 26.6. The van der Waals surface area contributed by atoms with Gasteiger partial charge in [0, 0.05) is 35.9 Å². The average molecular weight is 571 g/mol. The minimum Gasteiger partial charge on any atom is -0.444 e. The molecule has 0 saturated carbocycles. The van der Waals surface area contributed by atoms with Crippen LogP contribution in [-0.2, 0) is 14.8 Å². The predicted octanol–water partition coefficient (Wildman–Crippen LogP) is 5.92. The Kier molecular flexibility index (Phi) is 6.53. The second-order valence-electron chi connectivity index (χ2n) is 10.9. The third-order valence-corrected chi connectivity index (χ3v) is 8.56. The molecule has 0 fully saturated rings. The fraction of sp³-hybridized carbons (Fsp3) is 0.233. The smallest absolute Gasteiger partial charge is 0.410 e. The Hall–Kier alpha value is -4.64. The molecular weight excluding hydrogens is 540 g/mol. The average Bonchev–Trinajstić information content (AvgIpc) is 3.58. The van der Waals surface area contributed by atoms with Crippen LogP contribution in [0.25, 0.3) is 27.5 Å². The molecule has 10 nitrogen and oxygen atoms in total. The summed E-state index contributed by atoms with van der Waals surface area (Å²) in [6.45, 7) is 6.16. The molecule has 0 bridgehead atoms. The Morgan fingerprint density at radius 1 is 1.05 bits per heavy atom. The van der Waals surface area contributed by atoms with E-state index in [0.717, 1.165) is 22.2 Å². The zero-order chi connectivity index (χ0) is 28.8. The van der Waals surface area contributed by atoms with Gasteiger partial charge in [0.25, 0.3) is 10.0 Å². The van der Waals surface area contributed by atoms with Crippen molar-refractivity contribution in [2.24, 2.45) is 0 Å². The molecule has 2 N–H and O–H groups in total. The second-order valence-corrected chi connectivity index (χ2v) is 12.7. The van der Waals surface area contributed by atoms with Crippen molar-refractivity contribution < 1.29 is 17.9 Å². The molecular formula is C30H30N6O4S. The summed E-state index contributed by atoms with van der Waals surface area (Å²) in [6.07, 6.45) is 5.15. The second kappa shape index (κ2) is 10.1. The van der Waals surface area contributed by atoms with E-state index in [0.29, 0.717) is 36.4 Å². The number of ether oxygens (including phenoxy) is 1. The fourth-order valence-corrected chi connectivity index (χ4v) is 6.43. The van der Waals surface area contributed by atoms with Gasteiger partial charge in [-0.05, 0) is 75.2 Å². The maximum absolute atomic E-state index is 14.1. The Morgan fingerprint density at radius 3 is 2.59 bits per heavy atom. The van der Waals surface area contributed by atoms with Crippen LogP contribution in [0.3, 0.4) is 0 Å². The number of carbonyl (C=O) groups excluding carboxylic acids is 1. The normalized spacial score (nSPS) is 14.3. The van der Waals surface area contributed by atoms with Crippen LogP contribution in [0.1, 0.15) is 32.9 Å². The zero-order valence-electron chi connectivity index (χ0n) is 23.0. The molecule has 1 aliphatic rings. The van der Waals surface area contributed by atoms with Crippen LogP contribution < -0.4 is 5.32 Å². The van der Waals surface area contributed by atoms with Gasteiger partial charge >= 0.3 is 6.09 Å². The minimum absolute atomic E-state index is 0.150. The van der Waals surface area contributed by atoms with Crippen LogP contribution >= 0.6 is 0 Å². The summed E-state index contributed by atoms with van der Waals surface area (Å²) in [6, 6.07) is 18.0. The number of aromatic amines is 1. The molecule has 6 rings (SSSR count). The van der Waals surface area contributed by atoms with Crippen LogP contribution in [0.4, 0.5) is 16.3 Å². The van der Waals surface area contributed by atoms with Gasteiger partial charge in [-0.1, -0.05) is 24.3 Å². The van der Waals surface area contributed by atoms with Crippen molar-refractivity contribution in [3.63, 3.8) is 0 Å². The maximum Gasteiger partial charge on any atom is 0.410 e. The van der Waals surface area contributed by atoms with E-state index in [1.807, 2.05) is 63.4 Å². The van der Waals surface area contributed by atoms with Gasteiger partial charge in [0.1, 0.15) is 17.7 Å². The van der Waals surface area contributed by atoms with Crippen molar-refractivity contribution in [3.8, 4) is 0 Å². The molecule has 210 valence electrons. The first-order chi connectivity index (χ1) is 19.6. The summed E-state index contributed by atoms with van der Waals surface area (Å²) in [5, 5.41) is 4.94. The topological polar surface area (TPSA) is 122 Å². The number of aromatic nitrogens is 4. The molecule has 0 atom stereocenters. The highest BCUT2D eigenvalue weighted by Crippen LogP contribution is 2.35. The highest BCUT2D eigenvalue weighted by Gasteiger charge is 2.30. The zero-order valence-corrected chi connectivity index (χ0v) is 23.8. The molecule has 0 saturated heterocycles. The lowest BCUT2D eigenvalue weighted by molar-refractivity contribution is 0.0270. The number of anilines is 2. The first-order valence-corrected chi connectivity index (χ1v) is 14.7. The summed E-state index contributed by atoms with van der Waals surface area (Å²) in [5.41, 5.74) is 2.75. The third kappa shape index (κ3) is 5.16. The number of carbonyl (C=O) groups is 1. The molecule has 3 aromatic heterocycles. The van der Waals surface area contributed by atoms with E-state index in [9.17, 15) is 13.2 Å². The number of benzene rings is 2. The van der Waals surface area contributed by atoms with Crippen molar-refractivity contribution in [2.75, 3.05) is 18.4 Å². The number of nitrogens with zero attached hydrogens (tertiary/aromatic N) is 4. The minimum atomic E-state index is -4.02. The van der Waals surface area contributed by atoms with E-state index in [-0.39, 0.29) is 10.5 Å². The number of hydrogen-bond acceptors (Lipinski definition) is 7. The van der Waals surface area contributed by atoms with Gasteiger partial charge in [-0.2, -0.15) is 0 Å². The van der Waals surface area contributed by atoms with Crippen LogP contribution in [0.5, 0.6) is 0 Å². The van der Waals surface area contributed by atoms with Crippen molar-refractivity contribution in [1.29, 1.82) is 0 Å². The Morgan fingerprint density at radius 2 is 1.85 bits per heavy atom. The lowest BCUT2D eigenvalue weighted by atomic mass is 10.1. The van der Waals surface area contributed by atoms with Gasteiger partial charge in [0.2, 0.25) is 0 Å². The van der Waals surface area contributed by atoms with Crippen molar-refractivity contribution in [2.45, 2.75) is 37.7 Å². The maximum atomic E-state index is 14.1. The SMILES string of the molecule is CC(C)(C)OC(=O)N1CC=C(c2cc3c(Nc4ccc5[nH]ccc5c4)ncnc3n2S(=O)(=O)c2ccccc2)CC1. The van der Waals surface area contributed by atoms with Crippen LogP contribution in [0.2, 0.25) is 0 Å². The largest absolute Gasteiger partial charge is 0.444 e. The number of fused-ring (bicyclic) bond motifs is 2. The number of amides is 1. The van der Waals surface area contributed by atoms with Crippen molar-refractivity contribution in [3.05, 3.63) is 85.0 Å². The molecule has 0 spiro atoms. The van der Waals surface area contributed by atoms with Gasteiger partial charge < -0.3 is 19.9 Å². The van der Waals surface area contributed by atoms with E-state index in [4.69, 9.17) is 4.74 Å². The fourth-order valence-electron chi connectivity index (χ4n) is 4.92. The summed E-state index contributed by atoms with van der Waals surface area (Å²) in [4.78, 5) is 26.5. The summed E-state index contributed by atoms with van der Waals surface area (Å²) < 4.78 is 34.9. The van der Waals surface area contributed by atoms with E-state index in [1.54, 1.807) is 35.2 Å². The van der Waals surface area contributed by atoms with Crippen molar-refractivity contribution in [1.82, 2.24) is 23.8 Å². The molecule has 41 heavy (non-hydrogen) atoms. The van der Waals surface area contributed by atoms with Gasteiger partial charge in [-0.15, -0.1) is 0 Å². The number of nitrogens with one attached hydrogen (secondary N) is 2. The van der Waals surface area contributed by atoms with Gasteiger partial charge in [-0.3, -0.25) is 0 Å². The molecule has 2 aromatic carbocycles. The number of H-pyrrole nitrogens is 1. The molecule has 4 heterocycles. The molecule has 11 heteroatoms. The lowest BCUT2D eigenvalue weighted by Crippen LogP contribution is -2.39. The number of hydrogen-bond donors (Lipinski definition) is 2. The van der Waals surface area contributed by atoms with Gasteiger partial charge in [0.15, 0.2) is 5.65 Å². The molecule has 5 aromatic rings. The van der Waals surface area contributed by atoms with Gasteiger partial charge in [-0.25, -0.2) is 27.2 Å². The highest BCUT2D eigenvalue weighted by atomic mass is 32.2. The monoisotopic (exact) mass is 570 g/mol. The summed E-state index contributed by atoms with van der Waals surface area (Å²) in [5.74, 6) is 0.486. The van der Waals surface area contributed by atoms with E-state index in [2.05, 4.69) is 20.3 Å². The Bertz CT molecular complexity index is 1900. The highest BCUT2D eigenvalue weighted by molar-refractivity contribution is 7.90. The first-order valence-electron chi connectivity index (χ1n) is 13.3. The van der Waals surface area contributed by atoms with Crippen LogP contribution in [0, 0.1) is 0 Å². The van der Waals surface area contributed by atoms with E-state index < -0.39 is 21.7 Å². The molecule has 0 radical (unpaired) electrons. The van der Waals surface area contributed by atoms with E-state index >= 15 is 0 Å². The van der Waals surface area contributed by atoms with Crippen LogP contribution in [-0.4, -0.2) is 57.0 Å². The third-order valence-electron chi connectivity index (χ3n) is 6.84. The summed E-state index contributed by atoms with van der Waals surface area (Å²) >= 11 is 0.